The van der Waals surface area contributed by atoms with Gasteiger partial charge in [0.25, 0.3) is 0 Å². The van der Waals surface area contributed by atoms with Crippen molar-refractivity contribution in [3.05, 3.63) is 30.5 Å². The van der Waals surface area contributed by atoms with Crippen molar-refractivity contribution in [3.8, 4) is 0 Å². The third-order valence-electron chi connectivity index (χ3n) is 4.75. The van der Waals surface area contributed by atoms with Crippen LogP contribution in [0, 0.1) is 0 Å². The van der Waals surface area contributed by atoms with Gasteiger partial charge >= 0.3 is 0 Å². The topological polar surface area (TPSA) is 32.3 Å². The van der Waals surface area contributed by atoms with E-state index in [2.05, 4.69) is 48.1 Å². The second-order valence-electron chi connectivity index (χ2n) is 6.25. The largest absolute Gasteiger partial charge is 0.357 e. The molecule has 1 saturated carbocycles. The van der Waals surface area contributed by atoms with E-state index in [1.807, 2.05) is 18.3 Å². The second kappa shape index (κ2) is 5.98. The standard InChI is InChI=1S/C17H24N4/c1-20(2)13-6-8-14(9-7-13)21(3)17-11-10-15-16(19-17)5-4-12-18-15/h4-5,10-14H,6-9H2,1-3H3. The number of hydrogen-bond donors (Lipinski definition) is 0. The lowest BCUT2D eigenvalue weighted by atomic mass is 9.90. The molecule has 0 bridgehead atoms. The van der Waals surface area contributed by atoms with Crippen molar-refractivity contribution in [2.45, 2.75) is 37.8 Å². The molecule has 0 atom stereocenters. The highest BCUT2D eigenvalue weighted by Crippen LogP contribution is 2.27. The van der Waals surface area contributed by atoms with E-state index in [0.29, 0.717) is 6.04 Å². The van der Waals surface area contributed by atoms with E-state index in [9.17, 15) is 0 Å². The van der Waals surface area contributed by atoms with Crippen LogP contribution in [0.2, 0.25) is 0 Å². The van der Waals surface area contributed by atoms with Crippen LogP contribution in [0.15, 0.2) is 30.5 Å². The summed E-state index contributed by atoms with van der Waals surface area (Å²) in [6.07, 6.45) is 6.85. The summed E-state index contributed by atoms with van der Waals surface area (Å²) in [6.45, 7) is 0. The fraction of sp³-hybridized carbons (Fsp3) is 0.529. The first-order valence-corrected chi connectivity index (χ1v) is 7.76. The minimum absolute atomic E-state index is 0.600. The van der Waals surface area contributed by atoms with Gasteiger partial charge in [-0.1, -0.05) is 0 Å². The summed E-state index contributed by atoms with van der Waals surface area (Å²) in [4.78, 5) is 13.8. The molecule has 0 unspecified atom stereocenters. The zero-order valence-electron chi connectivity index (χ0n) is 13.2. The zero-order valence-corrected chi connectivity index (χ0v) is 13.2. The van der Waals surface area contributed by atoms with Crippen molar-refractivity contribution < 1.29 is 0 Å². The average Bonchev–Trinajstić information content (AvgIpc) is 2.54. The molecule has 3 rings (SSSR count). The number of anilines is 1. The Morgan fingerprint density at radius 3 is 2.33 bits per heavy atom. The molecular weight excluding hydrogens is 260 g/mol. The van der Waals surface area contributed by atoms with Gasteiger partial charge in [-0.3, -0.25) is 4.98 Å². The number of nitrogens with zero attached hydrogens (tertiary/aromatic N) is 4. The maximum Gasteiger partial charge on any atom is 0.129 e. The first kappa shape index (κ1) is 14.3. The Hall–Kier alpha value is -1.68. The Bertz CT molecular complexity index is 603. The van der Waals surface area contributed by atoms with E-state index in [1.165, 1.54) is 25.7 Å². The van der Waals surface area contributed by atoms with Crippen LogP contribution in [-0.4, -0.2) is 48.1 Å². The van der Waals surface area contributed by atoms with E-state index < -0.39 is 0 Å². The van der Waals surface area contributed by atoms with Gasteiger partial charge in [-0.05, 0) is 64.0 Å². The molecule has 0 spiro atoms. The second-order valence-corrected chi connectivity index (χ2v) is 6.25. The van der Waals surface area contributed by atoms with Crippen LogP contribution in [0.25, 0.3) is 11.0 Å². The van der Waals surface area contributed by atoms with Gasteiger partial charge in [-0.25, -0.2) is 4.98 Å². The van der Waals surface area contributed by atoms with Gasteiger partial charge in [0, 0.05) is 25.3 Å². The van der Waals surface area contributed by atoms with Crippen LogP contribution in [0.1, 0.15) is 25.7 Å². The van der Waals surface area contributed by atoms with E-state index in [0.717, 1.165) is 22.9 Å². The Morgan fingerprint density at radius 2 is 1.62 bits per heavy atom. The SMILES string of the molecule is CN(C)C1CCC(N(C)c2ccc3ncccc3n2)CC1. The lowest BCUT2D eigenvalue weighted by molar-refractivity contribution is 0.215. The molecule has 0 radical (unpaired) electrons. The Morgan fingerprint density at radius 1 is 0.905 bits per heavy atom. The third kappa shape index (κ3) is 3.00. The van der Waals surface area contributed by atoms with Gasteiger partial charge < -0.3 is 9.80 Å². The molecule has 1 aliphatic carbocycles. The van der Waals surface area contributed by atoms with Crippen LogP contribution >= 0.6 is 0 Å². The molecular formula is C17H24N4. The normalized spacial score (nSPS) is 22.7. The highest BCUT2D eigenvalue weighted by atomic mass is 15.2. The van der Waals surface area contributed by atoms with Gasteiger partial charge in [-0.15, -0.1) is 0 Å². The highest BCUT2D eigenvalue weighted by Gasteiger charge is 2.25. The van der Waals surface area contributed by atoms with E-state index in [4.69, 9.17) is 4.98 Å². The fourth-order valence-electron chi connectivity index (χ4n) is 3.29. The van der Waals surface area contributed by atoms with Crippen molar-refractivity contribution >= 4 is 16.9 Å². The maximum atomic E-state index is 4.76. The van der Waals surface area contributed by atoms with Gasteiger partial charge in [0.15, 0.2) is 0 Å². The van der Waals surface area contributed by atoms with Crippen molar-refractivity contribution in [2.75, 3.05) is 26.0 Å². The molecule has 0 N–H and O–H groups in total. The number of pyridine rings is 2. The molecule has 21 heavy (non-hydrogen) atoms. The summed E-state index contributed by atoms with van der Waals surface area (Å²) in [5, 5.41) is 0. The first-order valence-electron chi connectivity index (χ1n) is 7.76. The maximum absolute atomic E-state index is 4.76. The summed E-state index contributed by atoms with van der Waals surface area (Å²) in [5.74, 6) is 1.06. The molecule has 2 aromatic rings. The summed E-state index contributed by atoms with van der Waals surface area (Å²) < 4.78 is 0. The minimum Gasteiger partial charge on any atom is -0.357 e. The van der Waals surface area contributed by atoms with Crippen LogP contribution in [0.4, 0.5) is 5.82 Å². The number of fused-ring (bicyclic) bond motifs is 1. The average molecular weight is 284 g/mol. The smallest absolute Gasteiger partial charge is 0.129 e. The van der Waals surface area contributed by atoms with Gasteiger partial charge in [-0.2, -0.15) is 0 Å². The van der Waals surface area contributed by atoms with Crippen LogP contribution in [-0.2, 0) is 0 Å². The molecule has 0 aromatic carbocycles. The summed E-state index contributed by atoms with van der Waals surface area (Å²) in [7, 11) is 6.55. The highest BCUT2D eigenvalue weighted by molar-refractivity contribution is 5.75. The molecule has 1 aliphatic rings. The van der Waals surface area contributed by atoms with Crippen molar-refractivity contribution in [3.63, 3.8) is 0 Å². The van der Waals surface area contributed by atoms with E-state index in [1.54, 1.807) is 0 Å². The lowest BCUT2D eigenvalue weighted by Crippen LogP contribution is -2.40. The molecule has 2 heterocycles. The van der Waals surface area contributed by atoms with Gasteiger partial charge in [0.1, 0.15) is 5.82 Å². The molecule has 112 valence electrons. The quantitative estimate of drug-likeness (QED) is 0.867. The van der Waals surface area contributed by atoms with Crippen LogP contribution in [0.3, 0.4) is 0 Å². The molecule has 2 aromatic heterocycles. The molecule has 0 amide bonds. The molecule has 0 saturated heterocycles. The van der Waals surface area contributed by atoms with Crippen molar-refractivity contribution in [1.29, 1.82) is 0 Å². The molecule has 1 fully saturated rings. The number of rotatable bonds is 3. The van der Waals surface area contributed by atoms with Crippen LogP contribution in [0.5, 0.6) is 0 Å². The van der Waals surface area contributed by atoms with Crippen molar-refractivity contribution in [2.24, 2.45) is 0 Å². The lowest BCUT2D eigenvalue weighted by Gasteiger charge is -2.37. The predicted molar refractivity (Wildman–Crippen MR) is 87.7 cm³/mol. The monoisotopic (exact) mass is 284 g/mol. The van der Waals surface area contributed by atoms with E-state index >= 15 is 0 Å². The summed E-state index contributed by atoms with van der Waals surface area (Å²) >= 11 is 0. The molecule has 0 aliphatic heterocycles. The van der Waals surface area contributed by atoms with Crippen LogP contribution < -0.4 is 4.90 Å². The third-order valence-corrected chi connectivity index (χ3v) is 4.75. The summed E-state index contributed by atoms with van der Waals surface area (Å²) in [5.41, 5.74) is 1.94. The molecule has 4 nitrogen and oxygen atoms in total. The van der Waals surface area contributed by atoms with Gasteiger partial charge in [0.05, 0.1) is 11.0 Å². The fourth-order valence-corrected chi connectivity index (χ4v) is 3.29. The number of aromatic nitrogens is 2. The van der Waals surface area contributed by atoms with Crippen molar-refractivity contribution in [1.82, 2.24) is 14.9 Å². The van der Waals surface area contributed by atoms with Gasteiger partial charge in [0.2, 0.25) is 0 Å². The predicted octanol–water partition coefficient (Wildman–Crippen LogP) is 2.94. The Kier molecular flexibility index (Phi) is 4.06. The van der Waals surface area contributed by atoms with E-state index in [-0.39, 0.29) is 0 Å². The number of hydrogen-bond acceptors (Lipinski definition) is 4. The summed E-state index contributed by atoms with van der Waals surface area (Å²) in [6, 6.07) is 9.48. The zero-order chi connectivity index (χ0) is 14.8. The minimum atomic E-state index is 0.600. The Balaban J connectivity index is 1.73. The first-order chi connectivity index (χ1) is 10.1. The molecule has 4 heteroatoms. The Labute approximate surface area is 126 Å².